The number of carbonyl (C=O) groups excluding carboxylic acids is 1. The zero-order chi connectivity index (χ0) is 20.0. The molecule has 9 heteroatoms. The highest BCUT2D eigenvalue weighted by molar-refractivity contribution is 7.89. The van der Waals surface area contributed by atoms with Crippen LogP contribution in [0.5, 0.6) is 5.75 Å². The molecule has 0 atom stereocenters. The number of ether oxygens (including phenoxy) is 2. The zero-order valence-electron chi connectivity index (χ0n) is 15.7. The fourth-order valence-corrected chi connectivity index (χ4v) is 5.21. The van der Waals surface area contributed by atoms with E-state index in [0.29, 0.717) is 43.5 Å². The molecule has 1 N–H and O–H groups in total. The summed E-state index contributed by atoms with van der Waals surface area (Å²) >= 11 is 1.33. The van der Waals surface area contributed by atoms with Gasteiger partial charge in [-0.05, 0) is 18.6 Å². The Morgan fingerprint density at radius 2 is 1.96 bits per heavy atom. The van der Waals surface area contributed by atoms with Gasteiger partial charge in [-0.15, -0.1) is 11.3 Å². The first-order chi connectivity index (χ1) is 13.5. The van der Waals surface area contributed by atoms with Crippen LogP contribution in [-0.2, 0) is 14.8 Å². The lowest BCUT2D eigenvalue weighted by Gasteiger charge is -2.26. The van der Waals surface area contributed by atoms with E-state index in [4.69, 9.17) is 9.47 Å². The third kappa shape index (κ3) is 5.11. The Kier molecular flexibility index (Phi) is 7.06. The van der Waals surface area contributed by atoms with E-state index in [1.165, 1.54) is 15.6 Å². The minimum Gasteiger partial charge on any atom is -0.492 e. The maximum atomic E-state index is 12.6. The van der Waals surface area contributed by atoms with Crippen molar-refractivity contribution in [2.24, 2.45) is 0 Å². The lowest BCUT2D eigenvalue weighted by atomic mass is 10.2. The van der Waals surface area contributed by atoms with Crippen molar-refractivity contribution in [1.82, 2.24) is 9.62 Å². The van der Waals surface area contributed by atoms with Crippen LogP contribution in [0.3, 0.4) is 0 Å². The molecule has 0 saturated carbocycles. The quantitative estimate of drug-likeness (QED) is 0.702. The van der Waals surface area contributed by atoms with Gasteiger partial charge >= 0.3 is 0 Å². The molecule has 1 saturated heterocycles. The molecule has 1 aliphatic heterocycles. The predicted molar refractivity (Wildman–Crippen MR) is 109 cm³/mol. The average molecular weight is 425 g/mol. The van der Waals surface area contributed by atoms with Crippen molar-refractivity contribution in [1.29, 1.82) is 0 Å². The van der Waals surface area contributed by atoms with Crippen molar-refractivity contribution >= 4 is 27.3 Å². The second-order valence-corrected chi connectivity index (χ2v) is 9.33. The molecule has 2 aromatic rings. The Bertz CT molecular complexity index is 890. The van der Waals surface area contributed by atoms with Gasteiger partial charge in [-0.3, -0.25) is 4.79 Å². The van der Waals surface area contributed by atoms with E-state index in [0.717, 1.165) is 10.4 Å². The van der Waals surface area contributed by atoms with Crippen LogP contribution in [0, 0.1) is 0 Å². The van der Waals surface area contributed by atoms with Crippen molar-refractivity contribution in [3.8, 4) is 16.2 Å². The van der Waals surface area contributed by atoms with Gasteiger partial charge in [0.2, 0.25) is 10.0 Å². The van der Waals surface area contributed by atoms with Crippen LogP contribution in [-0.4, -0.2) is 63.8 Å². The van der Waals surface area contributed by atoms with Gasteiger partial charge in [0.05, 0.1) is 25.6 Å². The molecular weight excluding hydrogens is 400 g/mol. The Labute approximate surface area is 169 Å². The number of nitrogens with zero attached hydrogens (tertiary/aromatic N) is 1. The summed E-state index contributed by atoms with van der Waals surface area (Å²) in [6.07, 6.45) is 0. The summed E-state index contributed by atoms with van der Waals surface area (Å²) in [7, 11) is -3.41. The van der Waals surface area contributed by atoms with Gasteiger partial charge in [-0.25, -0.2) is 8.42 Å². The lowest BCUT2D eigenvalue weighted by molar-refractivity contribution is 0.0730. The van der Waals surface area contributed by atoms with Gasteiger partial charge in [-0.1, -0.05) is 30.3 Å². The summed E-state index contributed by atoms with van der Waals surface area (Å²) in [6, 6.07) is 11.6. The van der Waals surface area contributed by atoms with Gasteiger partial charge < -0.3 is 14.8 Å². The van der Waals surface area contributed by atoms with E-state index < -0.39 is 10.0 Å². The third-order valence-corrected chi connectivity index (χ3v) is 7.31. The van der Waals surface area contributed by atoms with E-state index in [1.807, 2.05) is 43.3 Å². The topological polar surface area (TPSA) is 84.9 Å². The molecule has 0 radical (unpaired) electrons. The molecule has 0 unspecified atom stereocenters. The van der Waals surface area contributed by atoms with Crippen molar-refractivity contribution in [3.63, 3.8) is 0 Å². The number of nitrogens with one attached hydrogen (secondary N) is 1. The molecule has 2 heterocycles. The number of carbonyl (C=O) groups is 1. The van der Waals surface area contributed by atoms with E-state index >= 15 is 0 Å². The second kappa shape index (κ2) is 9.51. The van der Waals surface area contributed by atoms with E-state index in [1.54, 1.807) is 0 Å². The summed E-state index contributed by atoms with van der Waals surface area (Å²) in [5.41, 5.74) is 1.00. The molecule has 1 aliphatic rings. The summed E-state index contributed by atoms with van der Waals surface area (Å²) in [5.74, 6) is 0.0484. The van der Waals surface area contributed by atoms with E-state index in [-0.39, 0.29) is 18.2 Å². The number of morpholine rings is 1. The van der Waals surface area contributed by atoms with E-state index in [2.05, 4.69) is 5.32 Å². The first-order valence-electron chi connectivity index (χ1n) is 9.17. The molecule has 1 fully saturated rings. The van der Waals surface area contributed by atoms with Gasteiger partial charge in [0.15, 0.2) is 0 Å². The number of sulfonamides is 1. The van der Waals surface area contributed by atoms with Crippen LogP contribution in [0.15, 0.2) is 36.4 Å². The molecule has 7 nitrogen and oxygen atoms in total. The minimum absolute atomic E-state index is 0.0443. The number of benzene rings is 1. The molecule has 28 heavy (non-hydrogen) atoms. The van der Waals surface area contributed by atoms with E-state index in [9.17, 15) is 13.2 Å². The van der Waals surface area contributed by atoms with Crippen molar-refractivity contribution in [2.45, 2.75) is 6.92 Å². The molecule has 0 aliphatic carbocycles. The summed E-state index contributed by atoms with van der Waals surface area (Å²) in [4.78, 5) is 14.0. The van der Waals surface area contributed by atoms with Crippen molar-refractivity contribution in [2.75, 3.05) is 45.2 Å². The van der Waals surface area contributed by atoms with Gasteiger partial charge in [0.25, 0.3) is 5.91 Å². The summed E-state index contributed by atoms with van der Waals surface area (Å²) in [6.45, 7) is 3.86. The fraction of sp³-hybridized carbons (Fsp3) is 0.421. The number of thiophene rings is 1. The summed E-state index contributed by atoms with van der Waals surface area (Å²) in [5, 5.41) is 2.71. The summed E-state index contributed by atoms with van der Waals surface area (Å²) < 4.78 is 36.9. The molecule has 1 aromatic carbocycles. The molecule has 152 valence electrons. The monoisotopic (exact) mass is 424 g/mol. The highest BCUT2D eigenvalue weighted by atomic mass is 32.2. The highest BCUT2D eigenvalue weighted by Crippen LogP contribution is 2.36. The second-order valence-electron chi connectivity index (χ2n) is 6.19. The molecule has 3 rings (SSSR count). The molecular formula is C19H24N2O5S2. The number of hydrogen-bond donors (Lipinski definition) is 1. The SMILES string of the molecule is CCOc1cc(-c2ccccc2)sc1C(=O)NCCS(=O)(=O)N1CCOCC1. The lowest BCUT2D eigenvalue weighted by Crippen LogP contribution is -2.43. The molecule has 1 amide bonds. The smallest absolute Gasteiger partial charge is 0.265 e. The molecule has 0 spiro atoms. The maximum absolute atomic E-state index is 12.6. The van der Waals surface area contributed by atoms with Crippen LogP contribution in [0.25, 0.3) is 10.4 Å². The van der Waals surface area contributed by atoms with Crippen LogP contribution < -0.4 is 10.1 Å². The standard InChI is InChI=1S/C19H24N2O5S2/c1-2-26-16-14-17(15-6-4-3-5-7-15)27-18(16)19(22)20-8-13-28(23,24)21-9-11-25-12-10-21/h3-7,14H,2,8-13H2,1H3,(H,20,22). The Balaban J connectivity index is 1.65. The highest BCUT2D eigenvalue weighted by Gasteiger charge is 2.25. The predicted octanol–water partition coefficient (Wildman–Crippen LogP) is 2.21. The van der Waals surface area contributed by atoms with Crippen LogP contribution in [0.2, 0.25) is 0 Å². The first-order valence-corrected chi connectivity index (χ1v) is 11.6. The largest absolute Gasteiger partial charge is 0.492 e. The van der Waals surface area contributed by atoms with Crippen LogP contribution in [0.1, 0.15) is 16.6 Å². The third-order valence-electron chi connectivity index (χ3n) is 4.27. The Morgan fingerprint density at radius 1 is 1.25 bits per heavy atom. The van der Waals surface area contributed by atoms with Crippen LogP contribution >= 0.6 is 11.3 Å². The normalized spacial score (nSPS) is 15.3. The Morgan fingerprint density at radius 3 is 2.64 bits per heavy atom. The van der Waals surface area contributed by atoms with Crippen molar-refractivity contribution in [3.05, 3.63) is 41.3 Å². The maximum Gasteiger partial charge on any atom is 0.265 e. The first kappa shape index (κ1) is 20.8. The molecule has 0 bridgehead atoms. The number of amides is 1. The average Bonchev–Trinajstić information content (AvgIpc) is 3.13. The van der Waals surface area contributed by atoms with Gasteiger partial charge in [0, 0.05) is 24.5 Å². The minimum atomic E-state index is -3.41. The van der Waals surface area contributed by atoms with Crippen molar-refractivity contribution < 1.29 is 22.7 Å². The number of rotatable bonds is 8. The fourth-order valence-electron chi connectivity index (χ4n) is 2.87. The van der Waals surface area contributed by atoms with Gasteiger partial charge in [0.1, 0.15) is 10.6 Å². The zero-order valence-corrected chi connectivity index (χ0v) is 17.4. The molecule has 1 aromatic heterocycles. The van der Waals surface area contributed by atoms with Gasteiger partial charge in [-0.2, -0.15) is 4.31 Å². The number of hydrogen-bond acceptors (Lipinski definition) is 6. The Hall–Kier alpha value is -1.94. The van der Waals surface area contributed by atoms with Crippen LogP contribution in [0.4, 0.5) is 0 Å².